The lowest BCUT2D eigenvalue weighted by molar-refractivity contribution is -0.140. The summed E-state index contributed by atoms with van der Waals surface area (Å²) < 4.78 is 134. The van der Waals surface area contributed by atoms with E-state index >= 15 is 0 Å². The van der Waals surface area contributed by atoms with E-state index in [0.717, 1.165) is 19.2 Å². The van der Waals surface area contributed by atoms with Crippen LogP contribution in [0.1, 0.15) is 38.5 Å². The van der Waals surface area contributed by atoms with Crippen LogP contribution in [0.4, 0.5) is 48.7 Å². The van der Waals surface area contributed by atoms with Crippen molar-refractivity contribution in [1.82, 2.24) is 15.8 Å². The highest BCUT2D eigenvalue weighted by atomic mass is 35.5. The van der Waals surface area contributed by atoms with Gasteiger partial charge in [-0.05, 0) is 48.4 Å². The fraction of sp³-hybridized carbons (Fsp3) is 0.304. The van der Waals surface area contributed by atoms with E-state index in [1.807, 2.05) is 0 Å². The van der Waals surface area contributed by atoms with Crippen molar-refractivity contribution < 1.29 is 53.5 Å². The number of rotatable bonds is 5. The summed E-state index contributed by atoms with van der Waals surface area (Å²) in [7, 11) is 0.731. The lowest BCUT2D eigenvalue weighted by atomic mass is 9.94. The normalized spacial score (nSPS) is 13.6. The number of amides is 3. The molecule has 2 aromatic rings. The second-order valence-electron chi connectivity index (χ2n) is 8.18. The molecule has 5 nitrogen and oxygen atoms in total. The number of allylic oxidation sites excluding steroid dienone is 1. The van der Waals surface area contributed by atoms with E-state index in [-0.39, 0.29) is 32.8 Å². The fourth-order valence-corrected chi connectivity index (χ4v) is 3.65. The van der Waals surface area contributed by atoms with E-state index in [9.17, 15) is 53.5 Å². The minimum Gasteiger partial charge on any atom is -0.327 e. The van der Waals surface area contributed by atoms with Crippen molar-refractivity contribution in [3.8, 4) is 0 Å². The van der Waals surface area contributed by atoms with Crippen LogP contribution in [-0.4, -0.2) is 42.9 Å². The summed E-state index contributed by atoms with van der Waals surface area (Å²) in [5, 5.41) is 1.16. The molecule has 2 rings (SSSR count). The number of benzene rings is 2. The van der Waals surface area contributed by atoms with Gasteiger partial charge in [-0.3, -0.25) is 10.2 Å². The van der Waals surface area contributed by atoms with Gasteiger partial charge in [-0.15, -0.1) is 0 Å². The largest absolute Gasteiger partial charge is 0.417 e. The van der Waals surface area contributed by atoms with Crippen LogP contribution in [0.3, 0.4) is 0 Å². The second kappa shape index (κ2) is 12.1. The molecule has 2 N–H and O–H groups in total. The van der Waals surface area contributed by atoms with Gasteiger partial charge in [-0.25, -0.2) is 14.2 Å². The van der Waals surface area contributed by atoms with Gasteiger partial charge in [0.2, 0.25) is 0 Å². The Morgan fingerprint density at radius 3 is 2.00 bits per heavy atom. The van der Waals surface area contributed by atoms with Gasteiger partial charge in [-0.2, -0.15) is 39.5 Å². The Bertz CT molecular complexity index is 1280. The minimum atomic E-state index is -5.35. The standard InChI is InChI=1S/C23H17Cl2F10N3O2/c1-10-16(24)6-12(7-17(10)25)14(22(30,31)32)8-18(26)11-3-4-13(15(5-11)23(33,34)35)19(39)37-38(2)20(40)36-9-21(27,28)29/h3-8,14H,9H2,1-2H3,(H,36,40)(H,37,39)/b18-8-. The third kappa shape index (κ3) is 8.65. The van der Waals surface area contributed by atoms with Crippen molar-refractivity contribution in [3.05, 3.63) is 74.3 Å². The topological polar surface area (TPSA) is 61.4 Å². The molecule has 0 bridgehead atoms. The summed E-state index contributed by atoms with van der Waals surface area (Å²) in [4.78, 5) is 24.0. The number of hydrogen-bond donors (Lipinski definition) is 2. The summed E-state index contributed by atoms with van der Waals surface area (Å²) in [5.41, 5.74) is -2.74. The molecule has 0 aliphatic carbocycles. The number of nitrogens with zero attached hydrogens (tertiary/aromatic N) is 1. The molecule has 0 heterocycles. The first-order valence-electron chi connectivity index (χ1n) is 10.6. The number of alkyl halides is 9. The maximum absolute atomic E-state index is 15.0. The average Bonchev–Trinajstić information content (AvgIpc) is 2.81. The number of nitrogens with one attached hydrogen (secondary N) is 2. The van der Waals surface area contributed by atoms with Crippen LogP contribution >= 0.6 is 23.2 Å². The first-order chi connectivity index (χ1) is 18.1. The van der Waals surface area contributed by atoms with Crippen molar-refractivity contribution in [2.45, 2.75) is 31.4 Å². The molecule has 0 saturated carbocycles. The van der Waals surface area contributed by atoms with Gasteiger partial charge >= 0.3 is 24.6 Å². The van der Waals surface area contributed by atoms with Gasteiger partial charge in [0.05, 0.1) is 11.1 Å². The monoisotopic (exact) mass is 627 g/mol. The van der Waals surface area contributed by atoms with Crippen LogP contribution in [0.25, 0.3) is 5.83 Å². The highest BCUT2D eigenvalue weighted by Gasteiger charge is 2.41. The molecule has 0 radical (unpaired) electrons. The summed E-state index contributed by atoms with van der Waals surface area (Å²) in [6.07, 6.45) is -15.3. The molecule has 0 spiro atoms. The molecule has 3 amide bonds. The number of carbonyl (C=O) groups is 2. The van der Waals surface area contributed by atoms with Crippen molar-refractivity contribution in [3.63, 3.8) is 0 Å². The third-order valence-corrected chi connectivity index (χ3v) is 5.97. The molecular formula is C23H17Cl2F10N3O2. The Morgan fingerprint density at radius 1 is 0.975 bits per heavy atom. The predicted molar refractivity (Wildman–Crippen MR) is 125 cm³/mol. The minimum absolute atomic E-state index is 0.00528. The first kappa shape index (κ1) is 33.0. The van der Waals surface area contributed by atoms with Gasteiger partial charge in [0.15, 0.2) is 0 Å². The van der Waals surface area contributed by atoms with Crippen molar-refractivity contribution in [2.75, 3.05) is 13.6 Å². The molecule has 2 aromatic carbocycles. The van der Waals surface area contributed by atoms with E-state index in [1.165, 1.54) is 12.2 Å². The average molecular weight is 628 g/mol. The van der Waals surface area contributed by atoms with E-state index in [2.05, 4.69) is 0 Å². The summed E-state index contributed by atoms with van der Waals surface area (Å²) >= 11 is 11.7. The van der Waals surface area contributed by atoms with E-state index in [0.29, 0.717) is 12.1 Å². The lowest BCUT2D eigenvalue weighted by Crippen LogP contribution is -2.50. The molecule has 1 atom stereocenters. The lowest BCUT2D eigenvalue weighted by Gasteiger charge is -2.21. The van der Waals surface area contributed by atoms with E-state index in [1.54, 1.807) is 5.43 Å². The van der Waals surface area contributed by atoms with Gasteiger partial charge < -0.3 is 5.32 Å². The Hall–Kier alpha value is -3.20. The number of hydrogen-bond acceptors (Lipinski definition) is 2. The van der Waals surface area contributed by atoms with Crippen molar-refractivity contribution in [1.29, 1.82) is 0 Å². The predicted octanol–water partition coefficient (Wildman–Crippen LogP) is 7.83. The molecule has 0 saturated heterocycles. The SMILES string of the molecule is Cc1c(Cl)cc(C(/C=C(\F)c2ccc(C(=O)NN(C)C(=O)NCC(F)(F)F)c(C(F)(F)F)c2)C(F)(F)F)cc1Cl. The highest BCUT2D eigenvalue weighted by Crippen LogP contribution is 2.41. The number of carbonyl (C=O) groups excluding carboxylic acids is 2. The molecule has 0 aliphatic heterocycles. The van der Waals surface area contributed by atoms with Crippen LogP contribution in [-0.2, 0) is 6.18 Å². The number of hydrazine groups is 1. The molecule has 0 fully saturated rings. The molecule has 0 aliphatic rings. The number of halogens is 12. The number of urea groups is 1. The van der Waals surface area contributed by atoms with E-state index in [4.69, 9.17) is 23.2 Å². The zero-order valence-corrected chi connectivity index (χ0v) is 21.6. The van der Waals surface area contributed by atoms with Crippen LogP contribution in [0.5, 0.6) is 0 Å². The Kier molecular flexibility index (Phi) is 10.0. The molecule has 40 heavy (non-hydrogen) atoms. The molecular weight excluding hydrogens is 611 g/mol. The van der Waals surface area contributed by atoms with Gasteiger partial charge in [0.25, 0.3) is 5.91 Å². The Labute approximate surface area is 229 Å². The summed E-state index contributed by atoms with van der Waals surface area (Å²) in [5.74, 6) is -6.05. The van der Waals surface area contributed by atoms with Gasteiger partial charge in [0.1, 0.15) is 18.3 Å². The highest BCUT2D eigenvalue weighted by molar-refractivity contribution is 6.36. The summed E-state index contributed by atoms with van der Waals surface area (Å²) in [6, 6.07) is 1.28. The first-order valence-corrected chi connectivity index (χ1v) is 11.4. The maximum Gasteiger partial charge on any atom is 0.417 e. The fourth-order valence-electron chi connectivity index (χ4n) is 3.15. The van der Waals surface area contributed by atoms with Crippen LogP contribution in [0, 0.1) is 6.92 Å². The quantitative estimate of drug-likeness (QED) is 0.262. The van der Waals surface area contributed by atoms with Crippen LogP contribution in [0.2, 0.25) is 10.0 Å². The smallest absolute Gasteiger partial charge is 0.327 e. The summed E-state index contributed by atoms with van der Waals surface area (Å²) in [6.45, 7) is -0.392. The zero-order valence-electron chi connectivity index (χ0n) is 20.0. The molecule has 1 unspecified atom stereocenters. The Balaban J connectivity index is 2.45. The van der Waals surface area contributed by atoms with Gasteiger partial charge in [-0.1, -0.05) is 29.3 Å². The Morgan fingerprint density at radius 2 is 1.52 bits per heavy atom. The van der Waals surface area contributed by atoms with E-state index < -0.39 is 71.0 Å². The van der Waals surface area contributed by atoms with Crippen molar-refractivity contribution in [2.24, 2.45) is 0 Å². The molecule has 220 valence electrons. The van der Waals surface area contributed by atoms with Crippen molar-refractivity contribution >= 4 is 41.0 Å². The molecule has 0 aromatic heterocycles. The maximum atomic E-state index is 15.0. The second-order valence-corrected chi connectivity index (χ2v) is 8.99. The van der Waals surface area contributed by atoms with Gasteiger partial charge in [0, 0.05) is 22.7 Å². The van der Waals surface area contributed by atoms with Crippen LogP contribution in [0.15, 0.2) is 36.4 Å². The third-order valence-electron chi connectivity index (χ3n) is 5.19. The van der Waals surface area contributed by atoms with Crippen LogP contribution < -0.4 is 10.7 Å². The molecule has 17 heteroatoms. The zero-order chi connectivity index (χ0) is 30.8.